The highest BCUT2D eigenvalue weighted by molar-refractivity contribution is 5.96. The van der Waals surface area contributed by atoms with Crippen molar-refractivity contribution in [3.63, 3.8) is 0 Å². The molecule has 3 rings (SSSR count). The third-order valence-electron chi connectivity index (χ3n) is 5.66. The number of hydrogen-bond acceptors (Lipinski definition) is 3. The van der Waals surface area contributed by atoms with E-state index < -0.39 is 11.6 Å². The predicted octanol–water partition coefficient (Wildman–Crippen LogP) is 3.64. The monoisotopic (exact) mass is 343 g/mol. The van der Waals surface area contributed by atoms with Gasteiger partial charge >= 0.3 is 0 Å². The molecule has 1 aromatic carbocycles. The summed E-state index contributed by atoms with van der Waals surface area (Å²) in [6, 6.07) is 9.89. The number of benzene rings is 1. The van der Waals surface area contributed by atoms with Crippen molar-refractivity contribution in [3.05, 3.63) is 35.9 Å². The van der Waals surface area contributed by atoms with Crippen molar-refractivity contribution >= 4 is 11.7 Å². The number of amides is 1. The summed E-state index contributed by atoms with van der Waals surface area (Å²) in [5.41, 5.74) is 0.445. The van der Waals surface area contributed by atoms with Crippen LogP contribution in [0, 0.1) is 11.8 Å². The Morgan fingerprint density at radius 2 is 2.04 bits per heavy atom. The molecule has 0 bridgehead atoms. The summed E-state index contributed by atoms with van der Waals surface area (Å²) in [4.78, 5) is 25.4. The lowest BCUT2D eigenvalue weighted by Gasteiger charge is -2.31. The van der Waals surface area contributed by atoms with Crippen LogP contribution < -0.4 is 5.32 Å². The molecule has 2 fully saturated rings. The number of Topliss-reactive ketones (excluding diaryl/α,β-unsaturated/α-hetero) is 1. The molecule has 3 atom stereocenters. The molecule has 2 aliphatic rings. The molecular weight excluding hydrogens is 314 g/mol. The van der Waals surface area contributed by atoms with Crippen molar-refractivity contribution in [2.24, 2.45) is 11.8 Å². The zero-order chi connectivity index (χ0) is 17.9. The number of hydrogen-bond donors (Lipinski definition) is 1. The maximum Gasteiger partial charge on any atom is 0.249 e. The van der Waals surface area contributed by atoms with E-state index in [1.165, 1.54) is 0 Å². The van der Waals surface area contributed by atoms with Crippen molar-refractivity contribution in [2.45, 2.75) is 70.6 Å². The Bertz CT molecular complexity index is 613. The van der Waals surface area contributed by atoms with Gasteiger partial charge in [-0.1, -0.05) is 50.6 Å². The fourth-order valence-corrected chi connectivity index (χ4v) is 4.35. The van der Waals surface area contributed by atoms with E-state index in [1.54, 1.807) is 0 Å². The lowest BCUT2D eigenvalue weighted by Crippen LogP contribution is -2.56. The smallest absolute Gasteiger partial charge is 0.249 e. The minimum atomic E-state index is -0.609. The van der Waals surface area contributed by atoms with Crippen LogP contribution in [0.15, 0.2) is 30.3 Å². The summed E-state index contributed by atoms with van der Waals surface area (Å²) in [7, 11) is 0. The van der Waals surface area contributed by atoms with Crippen LogP contribution in [-0.2, 0) is 20.9 Å². The van der Waals surface area contributed by atoms with Gasteiger partial charge in [0.2, 0.25) is 5.91 Å². The molecule has 0 heterocycles. The standard InChI is InChI=1S/C21H29NO3/c1-15(2)13-18(25-14-16-7-4-3-5-8-16)20(24)22-21-12-6-9-17(21)10-11-19(21)23/h3-5,7-8,15,17-18H,6,9-14H2,1-2H3,(H,22,24)/t17-,18?,21+/m0/s1. The molecule has 25 heavy (non-hydrogen) atoms. The summed E-state index contributed by atoms with van der Waals surface area (Å²) < 4.78 is 5.97. The molecular formula is C21H29NO3. The lowest BCUT2D eigenvalue weighted by molar-refractivity contribution is -0.140. The normalized spacial score (nSPS) is 26.7. The Labute approximate surface area is 150 Å². The zero-order valence-corrected chi connectivity index (χ0v) is 15.3. The second-order valence-electron chi connectivity index (χ2n) is 7.93. The van der Waals surface area contributed by atoms with Gasteiger partial charge in [-0.2, -0.15) is 0 Å². The first-order valence-electron chi connectivity index (χ1n) is 9.52. The number of ketones is 1. The molecule has 1 amide bonds. The molecule has 0 spiro atoms. The van der Waals surface area contributed by atoms with Crippen LogP contribution in [0.5, 0.6) is 0 Å². The summed E-state index contributed by atoms with van der Waals surface area (Å²) >= 11 is 0. The second kappa shape index (κ2) is 7.69. The van der Waals surface area contributed by atoms with Crippen LogP contribution in [0.4, 0.5) is 0 Å². The van der Waals surface area contributed by atoms with E-state index in [2.05, 4.69) is 19.2 Å². The van der Waals surface area contributed by atoms with Gasteiger partial charge in [0.05, 0.1) is 6.61 Å². The van der Waals surface area contributed by atoms with Crippen LogP contribution >= 0.6 is 0 Å². The van der Waals surface area contributed by atoms with Crippen LogP contribution in [0.2, 0.25) is 0 Å². The molecule has 2 saturated carbocycles. The fraction of sp³-hybridized carbons (Fsp3) is 0.619. The summed E-state index contributed by atoms with van der Waals surface area (Å²) in [6.07, 6.45) is 4.53. The van der Waals surface area contributed by atoms with Crippen molar-refractivity contribution in [1.82, 2.24) is 5.32 Å². The van der Waals surface area contributed by atoms with E-state index in [0.29, 0.717) is 31.3 Å². The second-order valence-corrected chi connectivity index (χ2v) is 7.93. The molecule has 4 nitrogen and oxygen atoms in total. The quantitative estimate of drug-likeness (QED) is 0.822. The number of fused-ring (bicyclic) bond motifs is 1. The first-order valence-corrected chi connectivity index (χ1v) is 9.52. The number of rotatable bonds is 7. The highest BCUT2D eigenvalue weighted by atomic mass is 16.5. The Balaban J connectivity index is 1.67. The van der Waals surface area contributed by atoms with E-state index in [0.717, 1.165) is 31.2 Å². The molecule has 1 unspecified atom stereocenters. The van der Waals surface area contributed by atoms with Gasteiger partial charge < -0.3 is 10.1 Å². The summed E-state index contributed by atoms with van der Waals surface area (Å²) in [5, 5.41) is 3.13. The van der Waals surface area contributed by atoms with Gasteiger partial charge in [0.15, 0.2) is 5.78 Å². The maximum absolute atomic E-state index is 13.0. The fourth-order valence-electron chi connectivity index (χ4n) is 4.35. The number of nitrogens with one attached hydrogen (secondary N) is 1. The molecule has 4 heteroatoms. The third kappa shape index (κ3) is 3.95. The van der Waals surface area contributed by atoms with E-state index in [4.69, 9.17) is 4.74 Å². The van der Waals surface area contributed by atoms with Crippen LogP contribution in [0.3, 0.4) is 0 Å². The summed E-state index contributed by atoms with van der Waals surface area (Å²) in [6.45, 7) is 4.59. The zero-order valence-electron chi connectivity index (χ0n) is 15.3. The molecule has 0 radical (unpaired) electrons. The average molecular weight is 343 g/mol. The van der Waals surface area contributed by atoms with Gasteiger partial charge in [-0.25, -0.2) is 0 Å². The largest absolute Gasteiger partial charge is 0.364 e. The van der Waals surface area contributed by atoms with E-state index >= 15 is 0 Å². The first-order chi connectivity index (χ1) is 12.0. The topological polar surface area (TPSA) is 55.4 Å². The van der Waals surface area contributed by atoms with Gasteiger partial charge in [-0.05, 0) is 43.1 Å². The van der Waals surface area contributed by atoms with Crippen LogP contribution in [0.1, 0.15) is 57.9 Å². The van der Waals surface area contributed by atoms with Crippen molar-refractivity contribution < 1.29 is 14.3 Å². The van der Waals surface area contributed by atoms with Gasteiger partial charge in [0.1, 0.15) is 11.6 Å². The predicted molar refractivity (Wildman–Crippen MR) is 96.9 cm³/mol. The number of carbonyl (C=O) groups is 2. The van der Waals surface area contributed by atoms with E-state index in [1.807, 2.05) is 30.3 Å². The minimum absolute atomic E-state index is 0.119. The van der Waals surface area contributed by atoms with Crippen LogP contribution in [0.25, 0.3) is 0 Å². The Kier molecular flexibility index (Phi) is 5.57. The molecule has 0 aromatic heterocycles. The minimum Gasteiger partial charge on any atom is -0.364 e. The third-order valence-corrected chi connectivity index (χ3v) is 5.66. The molecule has 1 N–H and O–H groups in total. The van der Waals surface area contributed by atoms with E-state index in [-0.39, 0.29) is 11.7 Å². The van der Waals surface area contributed by atoms with Crippen molar-refractivity contribution in [3.8, 4) is 0 Å². The van der Waals surface area contributed by atoms with Crippen molar-refractivity contribution in [2.75, 3.05) is 0 Å². The SMILES string of the molecule is CC(C)CC(OCc1ccccc1)C(=O)N[C@]12CCC[C@H]1CCC2=O. The average Bonchev–Trinajstić information content (AvgIpc) is 3.12. The van der Waals surface area contributed by atoms with Gasteiger partial charge in [-0.3, -0.25) is 9.59 Å². The van der Waals surface area contributed by atoms with E-state index in [9.17, 15) is 9.59 Å². The molecule has 1 aromatic rings. The molecule has 136 valence electrons. The van der Waals surface area contributed by atoms with Gasteiger partial charge in [-0.15, -0.1) is 0 Å². The Morgan fingerprint density at radius 3 is 2.76 bits per heavy atom. The molecule has 2 aliphatic carbocycles. The molecule has 0 aliphatic heterocycles. The van der Waals surface area contributed by atoms with Gasteiger partial charge in [0.25, 0.3) is 0 Å². The Morgan fingerprint density at radius 1 is 1.28 bits per heavy atom. The van der Waals surface area contributed by atoms with Crippen LogP contribution in [-0.4, -0.2) is 23.3 Å². The number of ether oxygens (including phenoxy) is 1. The first kappa shape index (κ1) is 18.1. The highest BCUT2D eigenvalue weighted by Crippen LogP contribution is 2.45. The maximum atomic E-state index is 13.0. The molecule has 0 saturated heterocycles. The van der Waals surface area contributed by atoms with Gasteiger partial charge in [0, 0.05) is 6.42 Å². The lowest BCUT2D eigenvalue weighted by atomic mass is 9.89. The summed E-state index contributed by atoms with van der Waals surface area (Å²) in [5.74, 6) is 0.766. The number of carbonyl (C=O) groups excluding carboxylic acids is 2. The highest BCUT2D eigenvalue weighted by Gasteiger charge is 2.53. The Hall–Kier alpha value is -1.68. The van der Waals surface area contributed by atoms with Crippen molar-refractivity contribution in [1.29, 1.82) is 0 Å².